The van der Waals surface area contributed by atoms with Crippen molar-refractivity contribution in [2.75, 3.05) is 26.7 Å². The van der Waals surface area contributed by atoms with E-state index in [0.29, 0.717) is 11.4 Å². The lowest BCUT2D eigenvalue weighted by atomic mass is 9.81. The van der Waals surface area contributed by atoms with E-state index in [1.165, 1.54) is 0 Å². The van der Waals surface area contributed by atoms with E-state index in [0.717, 1.165) is 31.5 Å². The van der Waals surface area contributed by atoms with Gasteiger partial charge in [0.25, 0.3) is 0 Å². The molecule has 0 radical (unpaired) electrons. The fraction of sp³-hybridized carbons (Fsp3) is 0.600. The van der Waals surface area contributed by atoms with E-state index < -0.39 is 10.0 Å². The van der Waals surface area contributed by atoms with Crippen LogP contribution in [0.1, 0.15) is 25.3 Å². The lowest BCUT2D eigenvalue weighted by Gasteiger charge is -2.37. The van der Waals surface area contributed by atoms with E-state index in [4.69, 9.17) is 0 Å². The Kier molecular flexibility index (Phi) is 4.52. The topological polar surface area (TPSA) is 49.4 Å². The Morgan fingerprint density at radius 2 is 1.85 bits per heavy atom. The zero-order chi connectivity index (χ0) is 14.8. The Morgan fingerprint density at radius 3 is 2.45 bits per heavy atom. The molecule has 1 aliphatic rings. The molecule has 0 aliphatic carbocycles. The van der Waals surface area contributed by atoms with E-state index in [1.807, 2.05) is 19.1 Å². The molecule has 0 saturated carbocycles. The van der Waals surface area contributed by atoms with Crippen molar-refractivity contribution in [2.24, 2.45) is 5.41 Å². The molecule has 4 nitrogen and oxygen atoms in total. The quantitative estimate of drug-likeness (QED) is 0.924. The van der Waals surface area contributed by atoms with E-state index in [2.05, 4.69) is 23.6 Å². The van der Waals surface area contributed by atoms with Crippen LogP contribution in [0.3, 0.4) is 0 Å². The number of aryl methyl sites for hydroxylation is 1. The predicted octanol–water partition coefficient (Wildman–Crippen LogP) is 2.01. The number of piperidine rings is 1. The molecular formula is C15H24N2O2S. The first-order valence-corrected chi connectivity index (χ1v) is 8.55. The third-order valence-corrected chi connectivity index (χ3v) is 5.83. The summed E-state index contributed by atoms with van der Waals surface area (Å²) in [6.45, 7) is 6.56. The highest BCUT2D eigenvalue weighted by atomic mass is 32.2. The van der Waals surface area contributed by atoms with Gasteiger partial charge in [0, 0.05) is 6.54 Å². The molecule has 1 fully saturated rings. The number of nitrogens with zero attached hydrogens (tertiary/aromatic N) is 1. The molecule has 0 unspecified atom stereocenters. The highest BCUT2D eigenvalue weighted by Crippen LogP contribution is 2.30. The number of likely N-dealkylation sites (tertiary alicyclic amines) is 1. The molecule has 112 valence electrons. The molecule has 1 N–H and O–H groups in total. The van der Waals surface area contributed by atoms with Crippen molar-refractivity contribution in [3.8, 4) is 0 Å². The average Bonchev–Trinajstić information content (AvgIpc) is 2.41. The number of benzene rings is 1. The molecule has 0 aromatic heterocycles. The second-order valence-electron chi connectivity index (χ2n) is 6.20. The molecule has 20 heavy (non-hydrogen) atoms. The van der Waals surface area contributed by atoms with Crippen LogP contribution in [0.25, 0.3) is 0 Å². The van der Waals surface area contributed by atoms with Crippen LogP contribution in [-0.4, -0.2) is 40.0 Å². The fourth-order valence-corrected chi connectivity index (χ4v) is 3.98. The van der Waals surface area contributed by atoms with Crippen LogP contribution in [-0.2, 0) is 10.0 Å². The first-order valence-electron chi connectivity index (χ1n) is 7.06. The normalized spacial score (nSPS) is 19.9. The minimum atomic E-state index is -3.41. The van der Waals surface area contributed by atoms with E-state index >= 15 is 0 Å². The molecule has 0 amide bonds. The number of nitrogens with one attached hydrogen (secondary N) is 1. The highest BCUT2D eigenvalue weighted by Gasteiger charge is 2.30. The third kappa shape index (κ3) is 3.59. The maximum absolute atomic E-state index is 12.4. The molecule has 5 heteroatoms. The van der Waals surface area contributed by atoms with Crippen LogP contribution in [0, 0.1) is 12.3 Å². The summed E-state index contributed by atoms with van der Waals surface area (Å²) in [7, 11) is -1.30. The van der Waals surface area contributed by atoms with Crippen molar-refractivity contribution in [1.82, 2.24) is 9.62 Å². The molecule has 1 aromatic carbocycles. The minimum Gasteiger partial charge on any atom is -0.306 e. The zero-order valence-corrected chi connectivity index (χ0v) is 13.3. The van der Waals surface area contributed by atoms with E-state index in [-0.39, 0.29) is 5.41 Å². The second kappa shape index (κ2) is 5.84. The zero-order valence-electron chi connectivity index (χ0n) is 12.5. The molecule has 0 spiro atoms. The van der Waals surface area contributed by atoms with Crippen molar-refractivity contribution in [3.05, 3.63) is 29.8 Å². The predicted molar refractivity (Wildman–Crippen MR) is 81.2 cm³/mol. The van der Waals surface area contributed by atoms with Crippen molar-refractivity contribution in [3.63, 3.8) is 0 Å². The summed E-state index contributed by atoms with van der Waals surface area (Å²) in [5, 5.41) is 0. The van der Waals surface area contributed by atoms with E-state index in [9.17, 15) is 8.42 Å². The van der Waals surface area contributed by atoms with Crippen molar-refractivity contribution in [2.45, 2.75) is 31.6 Å². The summed E-state index contributed by atoms with van der Waals surface area (Å²) in [6.07, 6.45) is 2.06. The summed E-state index contributed by atoms with van der Waals surface area (Å²) in [5.41, 5.74) is 0.843. The monoisotopic (exact) mass is 296 g/mol. The smallest absolute Gasteiger partial charge is 0.240 e. The average molecular weight is 296 g/mol. The number of hydrogen-bond donors (Lipinski definition) is 1. The first kappa shape index (κ1) is 15.5. The Hall–Kier alpha value is -0.910. The van der Waals surface area contributed by atoms with Gasteiger partial charge < -0.3 is 4.90 Å². The maximum atomic E-state index is 12.4. The van der Waals surface area contributed by atoms with Crippen LogP contribution >= 0.6 is 0 Å². The SMILES string of the molecule is Cc1ccccc1S(=O)(=O)NCC1(C)CCN(C)CC1. The minimum absolute atomic E-state index is 0.0578. The van der Waals surface area contributed by atoms with Crippen molar-refractivity contribution < 1.29 is 8.42 Å². The van der Waals surface area contributed by atoms with Crippen LogP contribution in [0.5, 0.6) is 0 Å². The lowest BCUT2D eigenvalue weighted by molar-refractivity contribution is 0.143. The largest absolute Gasteiger partial charge is 0.306 e. The number of sulfonamides is 1. The Morgan fingerprint density at radius 1 is 1.25 bits per heavy atom. The van der Waals surface area contributed by atoms with Crippen molar-refractivity contribution >= 4 is 10.0 Å². The Bertz CT molecular complexity index is 561. The summed E-state index contributed by atoms with van der Waals surface area (Å²) >= 11 is 0. The van der Waals surface area contributed by atoms with Gasteiger partial charge >= 0.3 is 0 Å². The summed E-state index contributed by atoms with van der Waals surface area (Å²) in [5.74, 6) is 0. The Labute approximate surface area is 122 Å². The van der Waals surface area contributed by atoms with Gasteiger partial charge in [-0.3, -0.25) is 0 Å². The first-order chi connectivity index (χ1) is 9.32. The third-order valence-electron chi connectivity index (χ3n) is 4.27. The van der Waals surface area contributed by atoms with Gasteiger partial charge in [0.2, 0.25) is 10.0 Å². The highest BCUT2D eigenvalue weighted by molar-refractivity contribution is 7.89. The molecule has 1 aromatic rings. The van der Waals surface area contributed by atoms with Crippen LogP contribution in [0.4, 0.5) is 0 Å². The molecule has 1 aliphatic heterocycles. The van der Waals surface area contributed by atoms with E-state index in [1.54, 1.807) is 12.1 Å². The second-order valence-corrected chi connectivity index (χ2v) is 7.94. The van der Waals surface area contributed by atoms with Gasteiger partial charge in [-0.15, -0.1) is 0 Å². The molecule has 1 saturated heterocycles. The van der Waals surface area contributed by atoms with Gasteiger partial charge in [-0.25, -0.2) is 13.1 Å². The van der Waals surface area contributed by atoms with Crippen LogP contribution < -0.4 is 4.72 Å². The molecular weight excluding hydrogens is 272 g/mol. The summed E-state index contributed by atoms with van der Waals surface area (Å²) in [4.78, 5) is 2.67. The van der Waals surface area contributed by atoms with Gasteiger partial charge in [-0.2, -0.15) is 0 Å². The number of rotatable bonds is 4. The summed E-state index contributed by atoms with van der Waals surface area (Å²) in [6, 6.07) is 7.10. The van der Waals surface area contributed by atoms with Gasteiger partial charge in [-0.05, 0) is 56.9 Å². The van der Waals surface area contributed by atoms with Gasteiger partial charge in [0.05, 0.1) is 4.90 Å². The number of hydrogen-bond acceptors (Lipinski definition) is 3. The van der Waals surface area contributed by atoms with Gasteiger partial charge in [0.1, 0.15) is 0 Å². The Balaban J connectivity index is 2.05. The maximum Gasteiger partial charge on any atom is 0.240 e. The molecule has 0 bridgehead atoms. The van der Waals surface area contributed by atoms with Crippen molar-refractivity contribution in [1.29, 1.82) is 0 Å². The summed E-state index contributed by atoms with van der Waals surface area (Å²) < 4.78 is 27.6. The molecule has 1 heterocycles. The standard InChI is InChI=1S/C15H24N2O2S/c1-13-6-4-5-7-14(13)20(18,19)16-12-15(2)8-10-17(3)11-9-15/h4-7,16H,8-12H2,1-3H3. The van der Waals surface area contributed by atoms with Crippen LogP contribution in [0.15, 0.2) is 29.2 Å². The van der Waals surface area contributed by atoms with Crippen LogP contribution in [0.2, 0.25) is 0 Å². The van der Waals surface area contributed by atoms with Gasteiger partial charge in [0.15, 0.2) is 0 Å². The van der Waals surface area contributed by atoms with Gasteiger partial charge in [-0.1, -0.05) is 25.1 Å². The molecule has 0 atom stereocenters. The molecule has 2 rings (SSSR count). The lowest BCUT2D eigenvalue weighted by Crippen LogP contribution is -2.43. The fourth-order valence-electron chi connectivity index (χ4n) is 2.54.